The van der Waals surface area contributed by atoms with Crippen LogP contribution in [0.5, 0.6) is 63.2 Å². The number of terminal acetylenes is 2. The van der Waals surface area contributed by atoms with Crippen LogP contribution in [0.15, 0.2) is 180 Å². The average Bonchev–Trinajstić information content (AvgIpc) is 0.716. The van der Waals surface area contributed by atoms with Crippen LogP contribution in [0.25, 0.3) is 22.3 Å². The van der Waals surface area contributed by atoms with Gasteiger partial charge in [0.1, 0.15) is 88.5 Å². The smallest absolute Gasteiger partial charge is 0.744 e. The summed E-state index contributed by atoms with van der Waals surface area (Å²) in [6.45, 7) is 1.63. The Bertz CT molecular complexity index is 6500. The van der Waals surface area contributed by atoms with Crippen LogP contribution < -0.4 is 122 Å². The maximum absolute atomic E-state index is 15.5. The number of methoxy groups -OCH3 is 1. The molecule has 12 aromatic rings. The molecule has 0 radical (unpaired) electrons. The van der Waals surface area contributed by atoms with Crippen molar-refractivity contribution in [3.8, 4) is 110 Å². The van der Waals surface area contributed by atoms with E-state index in [1.54, 1.807) is 13.0 Å². The molecular formula is C84H40F32K2O14S2. The summed E-state index contributed by atoms with van der Waals surface area (Å²) in [5.41, 5.74) is -22.6. The van der Waals surface area contributed by atoms with Crippen LogP contribution in [-0.2, 0) is 31.1 Å². The fourth-order valence-electron chi connectivity index (χ4n) is 11.8. The van der Waals surface area contributed by atoms with E-state index < -0.39 is 272 Å². The molecule has 0 aliphatic carbocycles. The topological polar surface area (TPSA) is 232 Å². The minimum atomic E-state index is -6.10. The van der Waals surface area contributed by atoms with Crippen LogP contribution in [0, 0.1) is 148 Å². The van der Waals surface area contributed by atoms with Crippen LogP contribution in [-0.4, -0.2) is 78.2 Å². The molecule has 0 spiro atoms. The van der Waals surface area contributed by atoms with E-state index in [0.29, 0.717) is 72.3 Å². The molecule has 0 saturated carbocycles. The Balaban J connectivity index is 0.000000321. The Morgan fingerprint density at radius 3 is 0.940 bits per heavy atom. The van der Waals surface area contributed by atoms with Crippen LogP contribution in [0.2, 0.25) is 0 Å². The van der Waals surface area contributed by atoms with Crippen molar-refractivity contribution in [2.24, 2.45) is 0 Å². The van der Waals surface area contributed by atoms with Gasteiger partial charge in [0.15, 0.2) is 69.8 Å². The van der Waals surface area contributed by atoms with E-state index in [1.807, 2.05) is 0 Å². The molecule has 0 amide bonds. The molecule has 12 aromatic carbocycles. The second-order valence-corrected chi connectivity index (χ2v) is 28.7. The fraction of sp³-hybridized carbons (Fsp3) is 0.0952. The predicted molar refractivity (Wildman–Crippen MR) is 390 cm³/mol. The van der Waals surface area contributed by atoms with E-state index >= 15 is 35.1 Å². The second kappa shape index (κ2) is 43.4. The number of aromatic hydroxyl groups is 4. The molecule has 0 aliphatic heterocycles. The Morgan fingerprint density at radius 2 is 0.619 bits per heavy atom. The molecule has 0 bridgehead atoms. The first-order chi connectivity index (χ1) is 61.0. The van der Waals surface area contributed by atoms with E-state index in [0.717, 1.165) is 73.8 Å². The van der Waals surface area contributed by atoms with E-state index in [-0.39, 0.29) is 143 Å². The first kappa shape index (κ1) is 112. The van der Waals surface area contributed by atoms with Crippen molar-refractivity contribution in [1.29, 1.82) is 0 Å². The van der Waals surface area contributed by atoms with Gasteiger partial charge in [0.25, 0.3) is 0 Å². The van der Waals surface area contributed by atoms with Crippen molar-refractivity contribution in [2.45, 2.75) is 52.2 Å². The van der Waals surface area contributed by atoms with Gasteiger partial charge in [0.05, 0.1) is 45.4 Å². The minimum Gasteiger partial charge on any atom is -0.744 e. The Kier molecular flexibility index (Phi) is 36.2. The molecule has 698 valence electrons. The van der Waals surface area contributed by atoms with Gasteiger partial charge in [-0.15, -0.1) is 12.8 Å². The Labute approximate surface area is 815 Å². The third kappa shape index (κ3) is 23.0. The quantitative estimate of drug-likeness (QED) is 0.0142. The Morgan fingerprint density at radius 1 is 0.313 bits per heavy atom. The van der Waals surface area contributed by atoms with E-state index in [4.69, 9.17) is 52.2 Å². The summed E-state index contributed by atoms with van der Waals surface area (Å²) in [6, 6.07) is 20.9. The van der Waals surface area contributed by atoms with Crippen molar-refractivity contribution in [3.05, 3.63) is 325 Å². The van der Waals surface area contributed by atoms with Crippen LogP contribution in [0.1, 0.15) is 38.9 Å². The standard InChI is InChI=1S/C43H22F14O7S.C15H10F6O2.C12F10.C8H4F2.C6H6O5S.2K/c1-4-20-6-5-19(2)17-27(20)62-25-15-16-26(28(18-25)65(58,59)60)64-40-37(50)33(46)30(34(47)38(40)51)29-31(44)35(48)39(36(49)32(29)45)63-24-13-9-22(10-14-24)41(42(52,53)54,43(55,56)57)21-7-11-23(61-3)12-8-21;16-14(17,18)13(15(19,20)21,9-1-5-11(22)6-2-9)10-3-7-12(23)8-4-10;13-3-1(4(14)8(18)11(21)7(3)17)2-5(15)9(19)12(22)10(20)6(2)16;1-2-6-3-4-7(9)5-8(6)10;7-4-1-2-5(8)6(3-4)12(9,10)11;;/h1,5-18H,2-3H3,(H,58,59,60);1-8,22-23H;;1,3-5H;1-3,7-8H,(H,9,10,11);;/q;;;;;2*+1/p-2. The monoisotopic (exact) mass is 2020 g/mol. The van der Waals surface area contributed by atoms with E-state index in [2.05, 4.69) is 11.8 Å². The number of aryl methyl sites for hydroxylation is 1. The zero-order valence-electron chi connectivity index (χ0n) is 66.1. The van der Waals surface area contributed by atoms with Gasteiger partial charge >= 0.3 is 127 Å². The molecule has 0 aromatic heterocycles. The summed E-state index contributed by atoms with van der Waals surface area (Å²) < 4.78 is 535. The summed E-state index contributed by atoms with van der Waals surface area (Å²) in [4.78, 5) is -2.25. The number of alkyl halides is 12. The number of hydrogen-bond donors (Lipinski definition) is 4. The molecule has 14 nitrogen and oxygen atoms in total. The minimum absolute atomic E-state index is 0. The van der Waals surface area contributed by atoms with Gasteiger partial charge in [-0.25, -0.2) is 87.1 Å². The summed E-state index contributed by atoms with van der Waals surface area (Å²) in [7, 11) is -9.32. The van der Waals surface area contributed by atoms with Crippen molar-refractivity contribution < 1.29 is 309 Å². The molecule has 0 unspecified atom stereocenters. The number of halogens is 32. The van der Waals surface area contributed by atoms with Crippen LogP contribution >= 0.6 is 0 Å². The maximum Gasteiger partial charge on any atom is 1.00 e. The molecule has 134 heavy (non-hydrogen) atoms. The number of rotatable bonds is 15. The first-order valence-electron chi connectivity index (χ1n) is 34.5. The van der Waals surface area contributed by atoms with Gasteiger partial charge < -0.3 is 48.5 Å². The van der Waals surface area contributed by atoms with Crippen molar-refractivity contribution in [2.75, 3.05) is 7.11 Å². The van der Waals surface area contributed by atoms with Gasteiger partial charge in [-0.3, -0.25) is 0 Å². The van der Waals surface area contributed by atoms with Crippen molar-refractivity contribution >= 4 is 20.2 Å². The van der Waals surface area contributed by atoms with Gasteiger partial charge in [-0.1, -0.05) is 66.4 Å². The van der Waals surface area contributed by atoms with E-state index in [1.165, 1.54) is 18.2 Å². The van der Waals surface area contributed by atoms with Crippen LogP contribution in [0.3, 0.4) is 0 Å². The average molecular weight is 2020 g/mol. The summed E-state index contributed by atoms with van der Waals surface area (Å²) in [5.74, 6) is -54.8. The molecule has 0 fully saturated rings. The molecule has 12 rings (SSSR count). The predicted octanol–water partition coefficient (Wildman–Crippen LogP) is 17.7. The normalized spacial score (nSPS) is 11.7. The number of hydrogen-bond acceptors (Lipinski definition) is 14. The van der Waals surface area contributed by atoms with Crippen molar-refractivity contribution in [1.82, 2.24) is 0 Å². The van der Waals surface area contributed by atoms with Gasteiger partial charge in [0, 0.05) is 18.2 Å². The molecule has 4 N–H and O–H groups in total. The molecular weight excluding hydrogens is 1980 g/mol. The largest absolute Gasteiger partial charge is 1.00 e. The number of benzene rings is 12. The molecule has 50 heteroatoms. The molecule has 0 heterocycles. The third-order valence-electron chi connectivity index (χ3n) is 17.9. The zero-order valence-corrected chi connectivity index (χ0v) is 74.0. The van der Waals surface area contributed by atoms with Gasteiger partial charge in [-0.2, -0.15) is 70.2 Å². The number of ether oxygens (including phenoxy) is 4. The van der Waals surface area contributed by atoms with Crippen LogP contribution in [0.4, 0.5) is 140 Å². The SMILES string of the molecule is C#Cc1ccc(C)cc1Oc1ccc(Oc2c(F)c(F)c(-c3c(F)c(F)c(Oc4ccc(C(c5ccc(OC)cc5)(C(F)(F)F)C(F)(F)F)cc4)c(F)c3F)c(F)c2F)c(S(=O)(=O)[O-])c1.C#Cc1ccc(F)cc1F.Fc1c(F)c(F)c(-c2c(F)c(F)c(F)c(F)c2F)c(F)c1F.O=S(=O)([O-])c1cc(O)ccc1O.Oc1ccc(C(c2ccc(O)cc2)(C(F)(F)F)C(F)(F)F)cc1.[K+].[K+]. The van der Waals surface area contributed by atoms with Gasteiger partial charge in [-0.05, 0) is 132 Å². The molecule has 0 aliphatic rings. The van der Waals surface area contributed by atoms with Crippen molar-refractivity contribution in [3.63, 3.8) is 0 Å². The number of phenols is 4. The molecule has 0 atom stereocenters. The first-order valence-corrected chi connectivity index (χ1v) is 37.3. The second-order valence-electron chi connectivity index (χ2n) is 26.0. The maximum atomic E-state index is 15.5. The summed E-state index contributed by atoms with van der Waals surface area (Å²) in [6.07, 6.45) is -13.3. The fourth-order valence-corrected chi connectivity index (χ4v) is 13.0. The number of phenolic OH excluding ortho intramolecular Hbond substituents is 4. The van der Waals surface area contributed by atoms with E-state index in [9.17, 15) is 131 Å². The summed E-state index contributed by atoms with van der Waals surface area (Å²) >= 11 is 0. The zero-order chi connectivity index (χ0) is 99.4. The third-order valence-corrected chi connectivity index (χ3v) is 19.6. The Hall–Kier alpha value is -11.0. The van der Waals surface area contributed by atoms with Gasteiger partial charge in [0.2, 0.25) is 57.2 Å². The molecule has 0 saturated heterocycles. The summed E-state index contributed by atoms with van der Waals surface area (Å²) in [5, 5.41) is 35.9.